The molecule has 6 unspecified atom stereocenters. The summed E-state index contributed by atoms with van der Waals surface area (Å²) in [7, 11) is 0. The Hall–Kier alpha value is -4.36. The van der Waals surface area contributed by atoms with E-state index in [1.165, 1.54) is 51.4 Å². The van der Waals surface area contributed by atoms with Gasteiger partial charge in [0.1, 0.15) is 18.8 Å². The van der Waals surface area contributed by atoms with Crippen molar-refractivity contribution in [2.24, 2.45) is 0 Å². The van der Waals surface area contributed by atoms with Crippen LogP contribution in [0.4, 0.5) is 0 Å². The molecular weight excluding hydrogens is 973 g/mol. The fourth-order valence-corrected chi connectivity index (χ4v) is 8.49. The van der Waals surface area contributed by atoms with Gasteiger partial charge in [-0.1, -0.05) is 208 Å². The molecule has 77 heavy (non-hydrogen) atoms. The van der Waals surface area contributed by atoms with Crippen LogP contribution in [-0.4, -0.2) is 89.2 Å². The van der Waals surface area contributed by atoms with Gasteiger partial charge >= 0.3 is 23.9 Å². The van der Waals surface area contributed by atoms with E-state index in [4.69, 9.17) is 23.7 Å². The number of carbonyl (C=O) groups excluding carboxylic acids is 3. The molecule has 0 spiro atoms. The lowest BCUT2D eigenvalue weighted by Crippen LogP contribution is -2.61. The summed E-state index contributed by atoms with van der Waals surface area (Å²) in [5.41, 5.74) is 0. The maximum Gasteiger partial charge on any atom is 0.335 e. The third-order valence-corrected chi connectivity index (χ3v) is 13.1. The predicted molar refractivity (Wildman–Crippen MR) is 312 cm³/mol. The van der Waals surface area contributed by atoms with Crippen LogP contribution in [0, 0.1) is 0 Å². The highest BCUT2D eigenvalue weighted by Crippen LogP contribution is 2.26. The van der Waals surface area contributed by atoms with Crippen LogP contribution in [0.5, 0.6) is 0 Å². The fraction of sp³-hybridized carbons (Fsp3) is 0.692. The SMILES string of the molecule is CC/C=C\C/C=C\C/C=C\C/C=C\C/C=C\CCCC(=O)OCC(COC1OC(C(=O)O)C(O)C(O)C1OC(=O)CCCCCCCCC/C=C\CCCCCCCC)OC(=O)CCCCCCC/C=C\C/C=C\CCC. The van der Waals surface area contributed by atoms with Crippen molar-refractivity contribution < 1.29 is 58.2 Å². The average Bonchev–Trinajstić information content (AvgIpc) is 3.42. The van der Waals surface area contributed by atoms with E-state index in [0.717, 1.165) is 122 Å². The Bertz CT molecular complexity index is 1710. The van der Waals surface area contributed by atoms with Gasteiger partial charge in [-0.3, -0.25) is 14.4 Å². The number of carboxylic acids is 1. The van der Waals surface area contributed by atoms with Crippen molar-refractivity contribution in [3.63, 3.8) is 0 Å². The van der Waals surface area contributed by atoms with Gasteiger partial charge in [-0.25, -0.2) is 4.79 Å². The molecule has 438 valence electrons. The van der Waals surface area contributed by atoms with E-state index in [1.54, 1.807) is 0 Å². The second-order valence-electron chi connectivity index (χ2n) is 20.2. The molecule has 6 atom stereocenters. The Morgan fingerprint density at radius 1 is 0.442 bits per heavy atom. The number of ether oxygens (including phenoxy) is 5. The number of carboxylic acid groups (broad SMARTS) is 1. The summed E-state index contributed by atoms with van der Waals surface area (Å²) in [6, 6.07) is 0. The van der Waals surface area contributed by atoms with Crippen LogP contribution in [0.3, 0.4) is 0 Å². The molecule has 1 heterocycles. The second kappa shape index (κ2) is 52.3. The molecule has 12 nitrogen and oxygen atoms in total. The van der Waals surface area contributed by atoms with E-state index in [9.17, 15) is 34.5 Å². The number of hydrogen-bond acceptors (Lipinski definition) is 11. The highest BCUT2D eigenvalue weighted by Gasteiger charge is 2.50. The zero-order valence-electron chi connectivity index (χ0n) is 48.2. The van der Waals surface area contributed by atoms with E-state index in [0.29, 0.717) is 25.7 Å². The Morgan fingerprint density at radius 3 is 1.35 bits per heavy atom. The number of hydrogen-bond donors (Lipinski definition) is 3. The minimum Gasteiger partial charge on any atom is -0.479 e. The van der Waals surface area contributed by atoms with Crippen LogP contribution < -0.4 is 0 Å². The molecule has 12 heteroatoms. The Balaban J connectivity index is 2.72. The largest absolute Gasteiger partial charge is 0.479 e. The first kappa shape index (κ1) is 70.7. The molecule has 0 radical (unpaired) electrons. The lowest BCUT2D eigenvalue weighted by molar-refractivity contribution is -0.301. The molecule has 0 aromatic rings. The van der Waals surface area contributed by atoms with Crippen LogP contribution in [0.1, 0.15) is 239 Å². The van der Waals surface area contributed by atoms with Crippen LogP contribution in [-0.2, 0) is 42.9 Å². The highest BCUT2D eigenvalue weighted by molar-refractivity contribution is 5.74. The third-order valence-electron chi connectivity index (χ3n) is 13.1. The van der Waals surface area contributed by atoms with E-state index in [1.807, 2.05) is 6.08 Å². The van der Waals surface area contributed by atoms with Gasteiger partial charge in [0.15, 0.2) is 24.6 Å². The van der Waals surface area contributed by atoms with Gasteiger partial charge in [0.2, 0.25) is 0 Å². The zero-order valence-corrected chi connectivity index (χ0v) is 48.2. The summed E-state index contributed by atoms with van der Waals surface area (Å²) in [5.74, 6) is -3.23. The lowest BCUT2D eigenvalue weighted by Gasteiger charge is -2.40. The highest BCUT2D eigenvalue weighted by atomic mass is 16.7. The van der Waals surface area contributed by atoms with Crippen molar-refractivity contribution >= 4 is 23.9 Å². The molecule has 0 saturated carbocycles. The Kier molecular flexibility index (Phi) is 48.0. The predicted octanol–water partition coefficient (Wildman–Crippen LogP) is 15.7. The van der Waals surface area contributed by atoms with Crippen LogP contribution in [0.15, 0.2) is 97.2 Å². The summed E-state index contributed by atoms with van der Waals surface area (Å²) in [5, 5.41) is 31.5. The standard InChI is InChI=1S/C65H106O12/c1-4-7-10-13-16-19-22-25-27-29-31-34-36-39-42-45-48-51-57(66)73-54-56(75-58(67)52-49-46-43-40-37-33-24-21-18-15-12-9-6-3)55-74-65-63(61(70)60(69)62(77-65)64(71)72)76-59(68)53-50-47-44-41-38-35-32-30-28-26-23-20-17-14-11-8-5-2/h7,10,12,15-16,19,21,24-28,31,34,39,42,56,60-63,65,69-70H,4-6,8-9,11,13-14,17-18,20,22-23,29-30,32-33,35-38,40-41,43-55H2,1-3H3,(H,71,72)/b10-7-,15-12-,19-16-,24-21-,27-25-,28-26-,34-31-,42-39-. The second-order valence-corrected chi connectivity index (χ2v) is 20.2. The molecule has 1 aliphatic rings. The quantitative estimate of drug-likeness (QED) is 0.0228. The van der Waals surface area contributed by atoms with Crippen LogP contribution in [0.2, 0.25) is 0 Å². The minimum atomic E-state index is -1.92. The van der Waals surface area contributed by atoms with Gasteiger partial charge in [0.05, 0.1) is 6.61 Å². The van der Waals surface area contributed by atoms with Crippen molar-refractivity contribution in [3.05, 3.63) is 97.2 Å². The van der Waals surface area contributed by atoms with Gasteiger partial charge in [0, 0.05) is 19.3 Å². The van der Waals surface area contributed by atoms with Gasteiger partial charge < -0.3 is 39.0 Å². The van der Waals surface area contributed by atoms with Gasteiger partial charge in [0.25, 0.3) is 0 Å². The van der Waals surface area contributed by atoms with Crippen LogP contribution >= 0.6 is 0 Å². The third kappa shape index (κ3) is 42.3. The summed E-state index contributed by atoms with van der Waals surface area (Å²) >= 11 is 0. The number of unbranched alkanes of at least 4 members (excludes halogenated alkanes) is 20. The number of aliphatic carboxylic acids is 1. The maximum absolute atomic E-state index is 13.1. The zero-order chi connectivity index (χ0) is 56.1. The molecule has 1 saturated heterocycles. The Labute approximate surface area is 466 Å². The fourth-order valence-electron chi connectivity index (χ4n) is 8.49. The van der Waals surface area contributed by atoms with E-state index in [2.05, 4.69) is 112 Å². The molecule has 1 fully saturated rings. The molecule has 0 aromatic carbocycles. The monoisotopic (exact) mass is 1080 g/mol. The summed E-state index contributed by atoms with van der Waals surface area (Å²) in [4.78, 5) is 51.1. The number of aliphatic hydroxyl groups excluding tert-OH is 2. The van der Waals surface area contributed by atoms with Gasteiger partial charge in [-0.2, -0.15) is 0 Å². The topological polar surface area (TPSA) is 175 Å². The first-order valence-electron chi connectivity index (χ1n) is 30.2. The van der Waals surface area contributed by atoms with Crippen molar-refractivity contribution in [1.29, 1.82) is 0 Å². The summed E-state index contributed by atoms with van der Waals surface area (Å²) < 4.78 is 28.4. The molecule has 0 aliphatic carbocycles. The smallest absolute Gasteiger partial charge is 0.335 e. The van der Waals surface area contributed by atoms with Crippen molar-refractivity contribution in [3.8, 4) is 0 Å². The van der Waals surface area contributed by atoms with Gasteiger partial charge in [-0.05, 0) is 109 Å². The normalized spacial score (nSPS) is 18.7. The molecule has 3 N–H and O–H groups in total. The van der Waals surface area contributed by atoms with Crippen molar-refractivity contribution in [2.75, 3.05) is 13.2 Å². The minimum absolute atomic E-state index is 0.0448. The number of aliphatic hydroxyl groups is 2. The number of allylic oxidation sites excluding steroid dienone is 16. The average molecular weight is 1080 g/mol. The molecule has 0 bridgehead atoms. The van der Waals surface area contributed by atoms with Crippen molar-refractivity contribution in [1.82, 2.24) is 0 Å². The van der Waals surface area contributed by atoms with Crippen LogP contribution in [0.25, 0.3) is 0 Å². The van der Waals surface area contributed by atoms with Gasteiger partial charge in [-0.15, -0.1) is 0 Å². The van der Waals surface area contributed by atoms with E-state index < -0.39 is 67.3 Å². The van der Waals surface area contributed by atoms with Crippen molar-refractivity contribution in [2.45, 2.75) is 276 Å². The first-order chi connectivity index (χ1) is 37.6. The maximum atomic E-state index is 13.1. The molecule has 1 rings (SSSR count). The van der Waals surface area contributed by atoms with E-state index in [-0.39, 0.29) is 25.9 Å². The summed E-state index contributed by atoms with van der Waals surface area (Å²) in [6.07, 6.45) is 56.6. The molecular formula is C65H106O12. The first-order valence-corrected chi connectivity index (χ1v) is 30.2. The Morgan fingerprint density at radius 2 is 0.857 bits per heavy atom. The van der Waals surface area contributed by atoms with E-state index >= 15 is 0 Å². The number of rotatable bonds is 50. The number of esters is 3. The lowest BCUT2D eigenvalue weighted by atomic mass is 9.98. The summed E-state index contributed by atoms with van der Waals surface area (Å²) in [6.45, 7) is 5.75. The molecule has 1 aliphatic heterocycles. The molecule has 0 aromatic heterocycles. The molecule has 0 amide bonds. The number of carbonyl (C=O) groups is 4.